The summed E-state index contributed by atoms with van der Waals surface area (Å²) in [4.78, 5) is 63.7. The van der Waals surface area contributed by atoms with E-state index in [1.54, 1.807) is 69.3 Å². The molecule has 0 unspecified atom stereocenters. The van der Waals surface area contributed by atoms with Crippen LogP contribution in [-0.4, -0.2) is 62.6 Å². The number of fused-ring (bicyclic) bond motifs is 4. The number of hydrogen-bond donors (Lipinski definition) is 4. The van der Waals surface area contributed by atoms with Crippen LogP contribution >= 0.6 is 15.9 Å². The fourth-order valence-electron chi connectivity index (χ4n) is 7.91. The third kappa shape index (κ3) is 16.2. The first kappa shape index (κ1) is 57.3. The highest BCUT2D eigenvalue weighted by Gasteiger charge is 2.23. The first-order valence-electron chi connectivity index (χ1n) is 23.2. The zero-order valence-electron chi connectivity index (χ0n) is 40.8. The third-order valence-electron chi connectivity index (χ3n) is 11.6. The second-order valence-corrected chi connectivity index (χ2v) is 17.8. The van der Waals surface area contributed by atoms with Gasteiger partial charge in [0.15, 0.2) is 17.3 Å². The van der Waals surface area contributed by atoms with Gasteiger partial charge >= 0.3 is 5.97 Å². The van der Waals surface area contributed by atoms with Crippen molar-refractivity contribution in [2.24, 2.45) is 0 Å². The maximum atomic E-state index is 13.0. The molecule has 0 saturated heterocycles. The molecule has 4 heterocycles. The molecule has 0 saturated carbocycles. The van der Waals surface area contributed by atoms with Gasteiger partial charge in [0.05, 0.1) is 5.56 Å². The van der Waals surface area contributed by atoms with Gasteiger partial charge in [-0.25, -0.2) is 18.0 Å². The number of aliphatic carboxylic acids is 1. The molecule has 386 valence electrons. The maximum absolute atomic E-state index is 13.0. The number of nitrogens with one attached hydrogen (secondary N) is 2. The molecule has 0 spiro atoms. The van der Waals surface area contributed by atoms with Gasteiger partial charge in [-0.2, -0.15) is 0 Å². The van der Waals surface area contributed by atoms with Crippen LogP contribution in [0.4, 0.5) is 35.9 Å². The number of carbonyl (C=O) groups excluding carboxylic acids is 3. The van der Waals surface area contributed by atoms with Gasteiger partial charge in [-0.15, -0.1) is 0 Å². The largest absolute Gasteiger partial charge is 0.481 e. The van der Waals surface area contributed by atoms with Crippen molar-refractivity contribution in [1.29, 1.82) is 0 Å². The molecule has 0 atom stereocenters. The van der Waals surface area contributed by atoms with E-state index in [1.165, 1.54) is 42.0 Å². The first-order valence-corrected chi connectivity index (χ1v) is 24.0. The summed E-state index contributed by atoms with van der Waals surface area (Å²) in [5.74, 6) is -2.13. The number of ketones is 3. The predicted octanol–water partition coefficient (Wildman–Crippen LogP) is 15.0. The van der Waals surface area contributed by atoms with Crippen molar-refractivity contribution < 1.29 is 47.4 Å². The quantitative estimate of drug-likeness (QED) is 0.119. The molecule has 75 heavy (non-hydrogen) atoms. The number of H-pyrrole nitrogens is 2. The van der Waals surface area contributed by atoms with E-state index in [0.717, 1.165) is 104 Å². The average Bonchev–Trinajstić information content (AvgIpc) is 4.22. The number of carbonyl (C=O) groups is 5. The minimum Gasteiger partial charge on any atom is -0.481 e. The molecule has 9 aromatic rings. The third-order valence-corrected chi connectivity index (χ3v) is 12.1. The summed E-state index contributed by atoms with van der Waals surface area (Å²) in [5.41, 5.74) is 10.9. The Morgan fingerprint density at radius 3 is 1.16 bits per heavy atom. The lowest BCUT2D eigenvalue weighted by atomic mass is 10.1. The van der Waals surface area contributed by atoms with Crippen LogP contribution in [0.3, 0.4) is 0 Å². The number of halogens is 4. The molecule has 0 radical (unpaired) electrons. The molecule has 11 rings (SSSR count). The average molecular weight is 1080 g/mol. The van der Waals surface area contributed by atoms with E-state index >= 15 is 0 Å². The summed E-state index contributed by atoms with van der Waals surface area (Å²) in [6.07, 6.45) is 5.45. The van der Waals surface area contributed by atoms with Gasteiger partial charge in [0.25, 0.3) is 5.97 Å². The SMILES string of the molecule is C.CC(=O)O.CC(=O)c1ccc2[nH]ccc2c1.CC(=O)c1ccc2[nH]ccc2c1.CC(=O)c1ccc2c(c1)CCN2c1ccc(F)cc1.Fc1ccc(Br)cc1.O=C(O)c1ccc2c(c1)CCN2c1ccc(F)cc1. The number of anilines is 4. The Morgan fingerprint density at radius 2 is 0.800 bits per heavy atom. The summed E-state index contributed by atoms with van der Waals surface area (Å²) < 4.78 is 38.9. The lowest BCUT2D eigenvalue weighted by molar-refractivity contribution is -0.134. The van der Waals surface area contributed by atoms with Crippen molar-refractivity contribution in [2.75, 3.05) is 22.9 Å². The zero-order chi connectivity index (χ0) is 53.5. The highest BCUT2D eigenvalue weighted by molar-refractivity contribution is 9.10. The van der Waals surface area contributed by atoms with Gasteiger partial charge in [0.1, 0.15) is 17.5 Å². The van der Waals surface area contributed by atoms with Crippen LogP contribution in [0.25, 0.3) is 21.8 Å². The summed E-state index contributed by atoms with van der Waals surface area (Å²) in [7, 11) is 0. The monoisotopic (exact) mass is 1080 g/mol. The second kappa shape index (κ2) is 26.9. The first-order chi connectivity index (χ1) is 35.4. The number of aromatic nitrogens is 2. The molecule has 0 bridgehead atoms. The Morgan fingerprint density at radius 1 is 0.467 bits per heavy atom. The smallest absolute Gasteiger partial charge is 0.335 e. The number of aromatic carboxylic acids is 1. The minimum absolute atomic E-state index is 0. The molecular formula is C60H56BrF3N4O7. The Kier molecular flexibility index (Phi) is 20.6. The summed E-state index contributed by atoms with van der Waals surface area (Å²) in [6.45, 7) is 7.46. The normalized spacial score (nSPS) is 11.5. The Hall–Kier alpha value is -8.56. The Labute approximate surface area is 441 Å². The fourth-order valence-corrected chi connectivity index (χ4v) is 8.17. The summed E-state index contributed by atoms with van der Waals surface area (Å²) in [6, 6.07) is 45.1. The van der Waals surface area contributed by atoms with Gasteiger partial charge in [-0.3, -0.25) is 19.2 Å². The molecule has 15 heteroatoms. The van der Waals surface area contributed by atoms with Gasteiger partial charge in [0.2, 0.25) is 0 Å². The molecule has 11 nitrogen and oxygen atoms in total. The number of hydrogen-bond acceptors (Lipinski definition) is 7. The zero-order valence-corrected chi connectivity index (χ0v) is 42.4. The molecule has 0 aliphatic carbocycles. The number of nitrogens with zero attached hydrogens (tertiary/aromatic N) is 2. The lowest BCUT2D eigenvalue weighted by Gasteiger charge is -2.19. The molecule has 7 aromatic carbocycles. The predicted molar refractivity (Wildman–Crippen MR) is 295 cm³/mol. The lowest BCUT2D eigenvalue weighted by Crippen LogP contribution is -2.13. The molecule has 2 aromatic heterocycles. The van der Waals surface area contributed by atoms with Gasteiger partial charge < -0.3 is 30.0 Å². The highest BCUT2D eigenvalue weighted by Crippen LogP contribution is 2.36. The summed E-state index contributed by atoms with van der Waals surface area (Å²) >= 11 is 3.18. The van der Waals surface area contributed by atoms with E-state index in [4.69, 9.17) is 15.0 Å². The van der Waals surface area contributed by atoms with Crippen molar-refractivity contribution in [2.45, 2.75) is 48.0 Å². The van der Waals surface area contributed by atoms with Crippen molar-refractivity contribution in [1.82, 2.24) is 9.97 Å². The summed E-state index contributed by atoms with van der Waals surface area (Å²) in [5, 5.41) is 18.6. The van der Waals surface area contributed by atoms with Crippen molar-refractivity contribution in [3.8, 4) is 0 Å². The van der Waals surface area contributed by atoms with E-state index in [9.17, 15) is 32.3 Å². The molecule has 2 aliphatic heterocycles. The van der Waals surface area contributed by atoms with Crippen LogP contribution in [0.2, 0.25) is 0 Å². The topological polar surface area (TPSA) is 164 Å². The van der Waals surface area contributed by atoms with Crippen LogP contribution in [0.1, 0.15) is 87.7 Å². The molecule has 0 fully saturated rings. The standard InChI is InChI=1S/C16H14FNO.C15H12FNO2.2C10H9NO.C6H4BrF.C2H4O2.CH4/c1-11(19)12-2-7-16-13(10-12)8-9-18(16)15-5-3-14(17)4-6-15;16-12-2-4-13(5-3-12)17-8-7-10-9-11(15(18)19)1-6-14(10)17;2*1-7(12)8-2-3-10-9(6-8)4-5-11-10;7-5-1-3-6(8)4-2-5;1-2(3)4;/h2-7,10H,8-9H2,1H3;1-6,9H,7-8H2,(H,18,19);2*2-6,11H,1H3;1-4H;1H3,(H,3,4);1H4. The van der Waals surface area contributed by atoms with Crippen LogP contribution in [0.5, 0.6) is 0 Å². The number of aromatic amines is 2. The van der Waals surface area contributed by atoms with Crippen molar-refractivity contribution in [3.05, 3.63) is 225 Å². The number of benzene rings is 7. The van der Waals surface area contributed by atoms with E-state index in [-0.39, 0.29) is 42.2 Å². The van der Waals surface area contributed by atoms with Gasteiger partial charge in [0, 0.05) is 98.1 Å². The number of Topliss-reactive ketones (excluding diaryl/α,β-unsaturated/α-hetero) is 3. The molecule has 2 aliphatic rings. The maximum Gasteiger partial charge on any atom is 0.335 e. The number of rotatable bonds is 6. The minimum atomic E-state index is -0.914. The van der Waals surface area contributed by atoms with Crippen LogP contribution < -0.4 is 9.80 Å². The molecule has 0 amide bonds. The Bertz CT molecular complexity index is 3190. The van der Waals surface area contributed by atoms with Crippen molar-refractivity contribution >= 4 is 89.8 Å². The van der Waals surface area contributed by atoms with E-state index in [1.807, 2.05) is 85.2 Å². The van der Waals surface area contributed by atoms with E-state index < -0.39 is 11.9 Å². The van der Waals surface area contributed by atoms with Crippen LogP contribution in [0, 0.1) is 17.5 Å². The number of carboxylic acids is 2. The van der Waals surface area contributed by atoms with E-state index in [0.29, 0.717) is 5.56 Å². The van der Waals surface area contributed by atoms with E-state index in [2.05, 4.69) is 35.7 Å². The molecular weight excluding hydrogens is 1030 g/mol. The highest BCUT2D eigenvalue weighted by atomic mass is 79.9. The Balaban J connectivity index is 0.000000174. The fraction of sp³-hybridized carbons (Fsp3) is 0.150. The molecule has 4 N–H and O–H groups in total. The van der Waals surface area contributed by atoms with Crippen LogP contribution in [-0.2, 0) is 17.6 Å². The second-order valence-electron chi connectivity index (χ2n) is 16.9. The van der Waals surface area contributed by atoms with Gasteiger partial charge in [-0.05, 0) is 202 Å². The van der Waals surface area contributed by atoms with Crippen LogP contribution in [0.15, 0.2) is 175 Å². The van der Waals surface area contributed by atoms with Crippen molar-refractivity contribution in [3.63, 3.8) is 0 Å². The number of carboxylic acid groups (broad SMARTS) is 2. The van der Waals surface area contributed by atoms with Gasteiger partial charge in [-0.1, -0.05) is 23.4 Å².